The van der Waals surface area contributed by atoms with Gasteiger partial charge in [-0.1, -0.05) is 20.8 Å². The van der Waals surface area contributed by atoms with Crippen LogP contribution in [0, 0.1) is 5.41 Å². The number of primary amides is 1. The third kappa shape index (κ3) is 1.93. The topological polar surface area (TPSA) is 92.0 Å². The molecule has 0 aromatic carbocycles. The Balaban J connectivity index is 3.07. The number of nitrogens with zero attached hydrogens (tertiary/aromatic N) is 1. The zero-order chi connectivity index (χ0) is 10.9. The summed E-state index contributed by atoms with van der Waals surface area (Å²) in [6, 6.07) is 0. The third-order valence-electron chi connectivity index (χ3n) is 2.00. The first-order chi connectivity index (χ1) is 6.34. The van der Waals surface area contributed by atoms with Gasteiger partial charge in [-0.05, 0) is 5.41 Å². The Labute approximate surface area is 82.3 Å². The monoisotopic (exact) mass is 197 g/mol. The number of imidazole rings is 1. The molecular weight excluding hydrogens is 182 g/mol. The van der Waals surface area contributed by atoms with Gasteiger partial charge in [0.1, 0.15) is 6.10 Å². The van der Waals surface area contributed by atoms with E-state index >= 15 is 0 Å². The van der Waals surface area contributed by atoms with E-state index in [4.69, 9.17) is 5.73 Å². The van der Waals surface area contributed by atoms with Crippen molar-refractivity contribution in [1.82, 2.24) is 9.97 Å². The van der Waals surface area contributed by atoms with E-state index in [1.54, 1.807) is 0 Å². The minimum absolute atomic E-state index is 0.104. The maximum Gasteiger partial charge on any atom is 0.269 e. The first-order valence-electron chi connectivity index (χ1n) is 4.35. The number of carbonyl (C=O) groups is 1. The van der Waals surface area contributed by atoms with Crippen molar-refractivity contribution in [2.45, 2.75) is 26.9 Å². The third-order valence-corrected chi connectivity index (χ3v) is 2.00. The van der Waals surface area contributed by atoms with Gasteiger partial charge < -0.3 is 15.8 Å². The van der Waals surface area contributed by atoms with Gasteiger partial charge in [-0.25, -0.2) is 4.98 Å². The molecule has 5 heteroatoms. The molecular formula is C9H15N3O2. The lowest BCUT2D eigenvalue weighted by molar-refractivity contribution is 0.0579. The number of aliphatic hydroxyl groups is 1. The Morgan fingerprint density at radius 1 is 1.64 bits per heavy atom. The second-order valence-corrected chi connectivity index (χ2v) is 4.30. The normalized spacial score (nSPS) is 14.0. The second kappa shape index (κ2) is 3.42. The highest BCUT2D eigenvalue weighted by atomic mass is 16.3. The average Bonchev–Trinajstić information content (AvgIpc) is 2.48. The van der Waals surface area contributed by atoms with Crippen molar-refractivity contribution in [2.24, 2.45) is 11.1 Å². The number of carbonyl (C=O) groups excluding carboxylic acids is 1. The fourth-order valence-corrected chi connectivity index (χ4v) is 1.14. The minimum Gasteiger partial charge on any atom is -0.386 e. The summed E-state index contributed by atoms with van der Waals surface area (Å²) in [7, 11) is 0. The number of aromatic nitrogens is 2. The van der Waals surface area contributed by atoms with Crippen LogP contribution in [0.5, 0.6) is 0 Å². The van der Waals surface area contributed by atoms with Gasteiger partial charge in [0, 0.05) is 0 Å². The highest BCUT2D eigenvalue weighted by Crippen LogP contribution is 2.32. The lowest BCUT2D eigenvalue weighted by Gasteiger charge is -2.25. The summed E-state index contributed by atoms with van der Waals surface area (Å²) in [5.74, 6) is -0.635. The standard InChI is InChI=1S/C9H15N3O2/c1-9(2,3)7(13)5-6(8(10)14)12-4-11-5/h4,7,13H,1-3H3,(H2,10,14)(H,11,12). The molecule has 1 rings (SSSR count). The molecule has 14 heavy (non-hydrogen) atoms. The lowest BCUT2D eigenvalue weighted by Crippen LogP contribution is -2.22. The number of H-pyrrole nitrogens is 1. The fraction of sp³-hybridized carbons (Fsp3) is 0.556. The van der Waals surface area contributed by atoms with Crippen LogP contribution in [0.2, 0.25) is 0 Å². The molecule has 78 valence electrons. The molecule has 1 heterocycles. The first kappa shape index (κ1) is 10.7. The summed E-state index contributed by atoms with van der Waals surface area (Å²) in [4.78, 5) is 17.4. The molecule has 0 aliphatic heterocycles. The molecule has 4 N–H and O–H groups in total. The second-order valence-electron chi connectivity index (χ2n) is 4.30. The van der Waals surface area contributed by atoms with E-state index in [2.05, 4.69) is 9.97 Å². The summed E-state index contributed by atoms with van der Waals surface area (Å²) in [6.45, 7) is 5.59. The molecule has 1 aromatic rings. The van der Waals surface area contributed by atoms with Crippen molar-refractivity contribution in [1.29, 1.82) is 0 Å². The minimum atomic E-state index is -0.785. The number of nitrogens with one attached hydrogen (secondary N) is 1. The fourth-order valence-electron chi connectivity index (χ4n) is 1.14. The van der Waals surface area contributed by atoms with Crippen molar-refractivity contribution >= 4 is 5.91 Å². The van der Waals surface area contributed by atoms with Crippen LogP contribution in [-0.4, -0.2) is 21.0 Å². The van der Waals surface area contributed by atoms with Gasteiger partial charge in [0.2, 0.25) is 0 Å². The molecule has 0 bridgehead atoms. The van der Waals surface area contributed by atoms with Crippen LogP contribution in [0.1, 0.15) is 43.1 Å². The molecule has 1 amide bonds. The zero-order valence-electron chi connectivity index (χ0n) is 8.53. The zero-order valence-corrected chi connectivity index (χ0v) is 8.53. The highest BCUT2D eigenvalue weighted by Gasteiger charge is 2.28. The molecule has 0 aliphatic rings. The summed E-state index contributed by atoms with van der Waals surface area (Å²) in [6.07, 6.45) is 0.567. The lowest BCUT2D eigenvalue weighted by atomic mass is 9.86. The van der Waals surface area contributed by atoms with Crippen LogP contribution in [0.4, 0.5) is 0 Å². The number of nitrogens with two attached hydrogens (primary N) is 1. The number of aliphatic hydroxyl groups excluding tert-OH is 1. The predicted molar refractivity (Wildman–Crippen MR) is 51.5 cm³/mol. The molecule has 1 aromatic heterocycles. The van der Waals surface area contributed by atoms with Crippen LogP contribution in [-0.2, 0) is 0 Å². The van der Waals surface area contributed by atoms with Crippen molar-refractivity contribution < 1.29 is 9.90 Å². The maximum absolute atomic E-state index is 10.9. The first-order valence-corrected chi connectivity index (χ1v) is 4.35. The maximum atomic E-state index is 10.9. The van der Waals surface area contributed by atoms with Gasteiger partial charge in [0.15, 0.2) is 5.69 Å². The summed E-state index contributed by atoms with van der Waals surface area (Å²) < 4.78 is 0. The van der Waals surface area contributed by atoms with E-state index < -0.39 is 12.0 Å². The van der Waals surface area contributed by atoms with E-state index in [0.717, 1.165) is 0 Å². The molecule has 0 saturated carbocycles. The Morgan fingerprint density at radius 2 is 2.21 bits per heavy atom. The van der Waals surface area contributed by atoms with Gasteiger partial charge in [-0.2, -0.15) is 0 Å². The predicted octanol–water partition coefficient (Wildman–Crippen LogP) is 0.588. The molecule has 1 unspecified atom stereocenters. The van der Waals surface area contributed by atoms with Crippen LogP contribution >= 0.6 is 0 Å². The van der Waals surface area contributed by atoms with Crippen LogP contribution in [0.15, 0.2) is 6.33 Å². The number of aromatic amines is 1. The number of amides is 1. The molecule has 0 saturated heterocycles. The quantitative estimate of drug-likeness (QED) is 0.647. The van der Waals surface area contributed by atoms with Crippen LogP contribution < -0.4 is 5.73 Å². The summed E-state index contributed by atoms with van der Waals surface area (Å²) in [5, 5.41) is 9.90. The van der Waals surface area contributed by atoms with Crippen LogP contribution in [0.25, 0.3) is 0 Å². The summed E-state index contributed by atoms with van der Waals surface area (Å²) in [5.41, 5.74) is 5.23. The van der Waals surface area contributed by atoms with E-state index in [0.29, 0.717) is 5.69 Å². The van der Waals surface area contributed by atoms with E-state index in [1.807, 2.05) is 20.8 Å². The molecule has 0 fully saturated rings. The largest absolute Gasteiger partial charge is 0.386 e. The van der Waals surface area contributed by atoms with Gasteiger partial charge in [0.25, 0.3) is 5.91 Å². The van der Waals surface area contributed by atoms with Gasteiger partial charge in [-0.15, -0.1) is 0 Å². The smallest absolute Gasteiger partial charge is 0.269 e. The van der Waals surface area contributed by atoms with E-state index in [-0.39, 0.29) is 11.1 Å². The summed E-state index contributed by atoms with van der Waals surface area (Å²) >= 11 is 0. The Morgan fingerprint density at radius 3 is 2.64 bits per heavy atom. The van der Waals surface area contributed by atoms with Gasteiger partial charge >= 0.3 is 0 Å². The van der Waals surface area contributed by atoms with Crippen molar-refractivity contribution in [3.63, 3.8) is 0 Å². The highest BCUT2D eigenvalue weighted by molar-refractivity contribution is 5.92. The van der Waals surface area contributed by atoms with Crippen molar-refractivity contribution in [3.8, 4) is 0 Å². The van der Waals surface area contributed by atoms with E-state index in [9.17, 15) is 9.90 Å². The number of hydrogen-bond donors (Lipinski definition) is 3. The molecule has 0 spiro atoms. The Bertz CT molecular complexity index is 338. The van der Waals surface area contributed by atoms with Gasteiger partial charge in [0.05, 0.1) is 12.0 Å². The van der Waals surface area contributed by atoms with Gasteiger partial charge in [-0.3, -0.25) is 4.79 Å². The van der Waals surface area contributed by atoms with Crippen molar-refractivity contribution in [3.05, 3.63) is 17.7 Å². The molecule has 5 nitrogen and oxygen atoms in total. The Hall–Kier alpha value is -1.36. The van der Waals surface area contributed by atoms with Crippen molar-refractivity contribution in [2.75, 3.05) is 0 Å². The molecule has 1 atom stereocenters. The number of rotatable bonds is 2. The Kier molecular flexibility index (Phi) is 2.62. The molecule has 0 aliphatic carbocycles. The SMILES string of the molecule is CC(C)(C)C(O)c1[nH]cnc1C(N)=O. The van der Waals surface area contributed by atoms with Crippen LogP contribution in [0.3, 0.4) is 0 Å². The van der Waals surface area contributed by atoms with E-state index in [1.165, 1.54) is 6.33 Å². The molecule has 0 radical (unpaired) electrons. The average molecular weight is 197 g/mol. The number of hydrogen-bond acceptors (Lipinski definition) is 3.